The van der Waals surface area contributed by atoms with Crippen LogP contribution in [0.5, 0.6) is 0 Å². The summed E-state index contributed by atoms with van der Waals surface area (Å²) in [6.07, 6.45) is 0. The first kappa shape index (κ1) is 16.1. The van der Waals surface area contributed by atoms with Crippen molar-refractivity contribution in [3.63, 3.8) is 0 Å². The highest BCUT2D eigenvalue weighted by atomic mass is 35.5. The Hall–Kier alpha value is -1.30. The van der Waals surface area contributed by atoms with Gasteiger partial charge in [0.1, 0.15) is 0 Å². The highest BCUT2D eigenvalue weighted by Gasteiger charge is 2.14. The molecule has 2 rings (SSSR count). The standard InChI is InChI=1S/C15H22ClN3O2/c1-12(11-19-5-7-21-8-6-19)10-17-15(20)18-14-4-2-3-13(16)9-14/h2-4,9,12H,5-8,10-11H2,1H3,(H2,17,18,20). The molecule has 1 unspecified atom stereocenters. The average molecular weight is 312 g/mol. The largest absolute Gasteiger partial charge is 0.379 e. The molecule has 1 aliphatic rings. The molecule has 0 bridgehead atoms. The Morgan fingerprint density at radius 3 is 2.90 bits per heavy atom. The van der Waals surface area contributed by atoms with Gasteiger partial charge in [0.2, 0.25) is 0 Å². The summed E-state index contributed by atoms with van der Waals surface area (Å²) in [4.78, 5) is 14.2. The van der Waals surface area contributed by atoms with Gasteiger partial charge in [0, 0.05) is 36.9 Å². The molecule has 0 aromatic heterocycles. The van der Waals surface area contributed by atoms with Gasteiger partial charge in [-0.3, -0.25) is 4.90 Å². The van der Waals surface area contributed by atoms with Crippen LogP contribution in [0, 0.1) is 5.92 Å². The molecule has 1 saturated heterocycles. The number of carbonyl (C=O) groups excluding carboxylic acids is 1. The van der Waals surface area contributed by atoms with E-state index in [0.29, 0.717) is 23.2 Å². The first-order valence-corrected chi connectivity index (χ1v) is 7.62. The summed E-state index contributed by atoms with van der Waals surface area (Å²) in [5.41, 5.74) is 0.695. The van der Waals surface area contributed by atoms with Crippen LogP contribution in [0.15, 0.2) is 24.3 Å². The van der Waals surface area contributed by atoms with Crippen LogP contribution in [-0.2, 0) is 4.74 Å². The zero-order chi connectivity index (χ0) is 15.1. The maximum Gasteiger partial charge on any atom is 0.319 e. The molecule has 6 heteroatoms. The lowest BCUT2D eigenvalue weighted by Gasteiger charge is -2.29. The van der Waals surface area contributed by atoms with Crippen molar-refractivity contribution in [1.29, 1.82) is 0 Å². The van der Waals surface area contributed by atoms with Crippen molar-refractivity contribution in [3.05, 3.63) is 29.3 Å². The second-order valence-corrected chi connectivity index (χ2v) is 5.80. The van der Waals surface area contributed by atoms with E-state index in [1.807, 2.05) is 6.07 Å². The van der Waals surface area contributed by atoms with E-state index < -0.39 is 0 Å². The number of nitrogens with zero attached hydrogens (tertiary/aromatic N) is 1. The van der Waals surface area contributed by atoms with Crippen molar-refractivity contribution in [1.82, 2.24) is 10.2 Å². The monoisotopic (exact) mass is 311 g/mol. The number of amides is 2. The molecule has 0 radical (unpaired) electrons. The minimum Gasteiger partial charge on any atom is -0.379 e. The van der Waals surface area contributed by atoms with Crippen LogP contribution in [-0.4, -0.2) is 50.3 Å². The number of morpholine rings is 1. The normalized spacial score (nSPS) is 17.2. The number of urea groups is 1. The fourth-order valence-corrected chi connectivity index (χ4v) is 2.49. The van der Waals surface area contributed by atoms with Crippen LogP contribution in [0.25, 0.3) is 0 Å². The first-order chi connectivity index (χ1) is 10.1. The van der Waals surface area contributed by atoms with Gasteiger partial charge in [0.15, 0.2) is 0 Å². The van der Waals surface area contributed by atoms with E-state index in [0.717, 1.165) is 32.8 Å². The number of hydrogen-bond donors (Lipinski definition) is 2. The molecule has 1 aliphatic heterocycles. The van der Waals surface area contributed by atoms with Crippen LogP contribution in [0.1, 0.15) is 6.92 Å². The van der Waals surface area contributed by atoms with E-state index >= 15 is 0 Å². The highest BCUT2D eigenvalue weighted by Crippen LogP contribution is 2.14. The third-order valence-electron chi connectivity index (χ3n) is 3.37. The van der Waals surface area contributed by atoms with Crippen LogP contribution < -0.4 is 10.6 Å². The maximum absolute atomic E-state index is 11.8. The minimum absolute atomic E-state index is 0.203. The predicted octanol–water partition coefficient (Wildman–Crippen LogP) is 2.43. The second kappa shape index (κ2) is 8.22. The summed E-state index contributed by atoms with van der Waals surface area (Å²) >= 11 is 5.88. The van der Waals surface area contributed by atoms with Crippen LogP contribution in [0.3, 0.4) is 0 Å². The Morgan fingerprint density at radius 2 is 2.19 bits per heavy atom. The number of anilines is 1. The Labute approximate surface area is 130 Å². The molecule has 1 aromatic carbocycles. The molecule has 1 aromatic rings. The van der Waals surface area contributed by atoms with Gasteiger partial charge in [-0.25, -0.2) is 4.79 Å². The van der Waals surface area contributed by atoms with Crippen molar-refractivity contribution in [3.8, 4) is 0 Å². The third-order valence-corrected chi connectivity index (χ3v) is 3.60. The van der Waals surface area contributed by atoms with Crippen molar-refractivity contribution in [2.24, 2.45) is 5.92 Å². The third kappa shape index (κ3) is 5.91. The molecule has 0 spiro atoms. The molecule has 21 heavy (non-hydrogen) atoms. The minimum atomic E-state index is -0.203. The fourth-order valence-electron chi connectivity index (χ4n) is 2.30. The van der Waals surface area contributed by atoms with Crippen molar-refractivity contribution < 1.29 is 9.53 Å². The molecule has 1 atom stereocenters. The molecular formula is C15H22ClN3O2. The van der Waals surface area contributed by atoms with Crippen molar-refractivity contribution >= 4 is 23.3 Å². The van der Waals surface area contributed by atoms with E-state index in [1.165, 1.54) is 0 Å². The van der Waals surface area contributed by atoms with Gasteiger partial charge in [-0.05, 0) is 24.1 Å². The van der Waals surface area contributed by atoms with Crippen LogP contribution >= 0.6 is 11.6 Å². The molecule has 0 aliphatic carbocycles. The highest BCUT2D eigenvalue weighted by molar-refractivity contribution is 6.30. The summed E-state index contributed by atoms with van der Waals surface area (Å²) < 4.78 is 5.32. The molecular weight excluding hydrogens is 290 g/mol. The molecule has 1 fully saturated rings. The van der Waals surface area contributed by atoms with E-state index in [1.54, 1.807) is 18.2 Å². The molecule has 116 valence electrons. The first-order valence-electron chi connectivity index (χ1n) is 7.24. The van der Waals surface area contributed by atoms with Gasteiger partial charge in [-0.1, -0.05) is 24.6 Å². The van der Waals surface area contributed by atoms with E-state index in [9.17, 15) is 4.79 Å². The molecule has 2 N–H and O–H groups in total. The topological polar surface area (TPSA) is 53.6 Å². The number of benzene rings is 1. The number of rotatable bonds is 5. The summed E-state index contributed by atoms with van der Waals surface area (Å²) in [6.45, 7) is 7.29. The van der Waals surface area contributed by atoms with Gasteiger partial charge >= 0.3 is 6.03 Å². The Balaban J connectivity index is 1.68. The zero-order valence-corrected chi connectivity index (χ0v) is 13.0. The average Bonchev–Trinajstić information content (AvgIpc) is 2.46. The van der Waals surface area contributed by atoms with Gasteiger partial charge < -0.3 is 15.4 Å². The molecule has 2 amide bonds. The number of nitrogens with one attached hydrogen (secondary N) is 2. The number of carbonyl (C=O) groups is 1. The lowest BCUT2D eigenvalue weighted by atomic mass is 10.1. The SMILES string of the molecule is CC(CNC(=O)Nc1cccc(Cl)c1)CN1CCOCC1. The summed E-state index contributed by atoms with van der Waals surface area (Å²) in [5, 5.41) is 6.27. The van der Waals surface area contributed by atoms with Crippen LogP contribution in [0.2, 0.25) is 5.02 Å². The van der Waals surface area contributed by atoms with Crippen LogP contribution in [0.4, 0.5) is 10.5 Å². The lowest BCUT2D eigenvalue weighted by Crippen LogP contribution is -2.42. The predicted molar refractivity (Wildman–Crippen MR) is 84.9 cm³/mol. The Morgan fingerprint density at radius 1 is 1.43 bits per heavy atom. The quantitative estimate of drug-likeness (QED) is 0.878. The Bertz CT molecular complexity index is 464. The summed E-state index contributed by atoms with van der Waals surface area (Å²) in [6, 6.07) is 6.90. The molecule has 0 saturated carbocycles. The maximum atomic E-state index is 11.8. The van der Waals surface area contributed by atoms with Gasteiger partial charge in [-0.15, -0.1) is 0 Å². The second-order valence-electron chi connectivity index (χ2n) is 5.36. The zero-order valence-electron chi connectivity index (χ0n) is 12.3. The van der Waals surface area contributed by atoms with Gasteiger partial charge in [0.05, 0.1) is 13.2 Å². The van der Waals surface area contributed by atoms with Crippen molar-refractivity contribution in [2.45, 2.75) is 6.92 Å². The smallest absolute Gasteiger partial charge is 0.319 e. The van der Waals surface area contributed by atoms with E-state index in [2.05, 4.69) is 22.5 Å². The van der Waals surface area contributed by atoms with Gasteiger partial charge in [0.25, 0.3) is 0 Å². The summed E-state index contributed by atoms with van der Waals surface area (Å²) in [5.74, 6) is 0.396. The number of halogens is 1. The Kier molecular flexibility index (Phi) is 6.29. The van der Waals surface area contributed by atoms with E-state index in [-0.39, 0.29) is 6.03 Å². The lowest BCUT2D eigenvalue weighted by molar-refractivity contribution is 0.0320. The van der Waals surface area contributed by atoms with Crippen molar-refractivity contribution in [2.75, 3.05) is 44.7 Å². The number of ether oxygens (including phenoxy) is 1. The number of hydrogen-bond acceptors (Lipinski definition) is 3. The summed E-state index contributed by atoms with van der Waals surface area (Å²) in [7, 11) is 0. The van der Waals surface area contributed by atoms with Gasteiger partial charge in [-0.2, -0.15) is 0 Å². The van der Waals surface area contributed by atoms with E-state index in [4.69, 9.17) is 16.3 Å². The molecule has 5 nitrogen and oxygen atoms in total. The molecule has 1 heterocycles. The fraction of sp³-hybridized carbons (Fsp3) is 0.533.